The smallest absolute Gasteiger partial charge is 0.422 e. The fraction of sp³-hybridized carbons (Fsp3) is 0.176. The molecule has 0 saturated carbocycles. The van der Waals surface area contributed by atoms with Crippen LogP contribution in [0.1, 0.15) is 5.69 Å². The second-order valence-electron chi connectivity index (χ2n) is 5.43. The molecule has 10 heteroatoms. The van der Waals surface area contributed by atoms with Gasteiger partial charge >= 0.3 is 6.18 Å². The maximum Gasteiger partial charge on any atom is 0.422 e. The minimum absolute atomic E-state index is 0.0220. The quantitative estimate of drug-likeness (QED) is 0.547. The van der Waals surface area contributed by atoms with E-state index in [1.165, 1.54) is 29.5 Å². The number of anilines is 1. The molecular weight excluding hydrogens is 421 g/mol. The summed E-state index contributed by atoms with van der Waals surface area (Å²) in [6, 6.07) is 5.93. The van der Waals surface area contributed by atoms with Gasteiger partial charge in [-0.3, -0.25) is 4.79 Å². The van der Waals surface area contributed by atoms with Gasteiger partial charge in [0.25, 0.3) is 0 Å². The molecule has 0 radical (unpaired) electrons. The molecule has 0 spiro atoms. The van der Waals surface area contributed by atoms with Gasteiger partial charge in [-0.1, -0.05) is 11.6 Å². The molecule has 0 aliphatic heterocycles. The number of aromatic nitrogens is 1. The van der Waals surface area contributed by atoms with Gasteiger partial charge < -0.3 is 10.1 Å². The Kier molecular flexibility index (Phi) is 6.03. The Morgan fingerprint density at radius 3 is 2.78 bits per heavy atom. The fourth-order valence-electron chi connectivity index (χ4n) is 2.15. The number of amides is 1. The zero-order valence-electron chi connectivity index (χ0n) is 13.5. The molecule has 0 aliphatic carbocycles. The van der Waals surface area contributed by atoms with Crippen molar-refractivity contribution in [1.82, 2.24) is 4.98 Å². The number of thiazole rings is 1. The second kappa shape index (κ2) is 8.28. The van der Waals surface area contributed by atoms with Crippen molar-refractivity contribution in [3.8, 4) is 16.3 Å². The molecule has 0 unspecified atom stereocenters. The van der Waals surface area contributed by atoms with Crippen LogP contribution in [0.4, 0.5) is 18.9 Å². The first-order chi connectivity index (χ1) is 12.8. The zero-order chi connectivity index (χ0) is 19.4. The van der Waals surface area contributed by atoms with Crippen LogP contribution in [0.25, 0.3) is 10.6 Å². The lowest BCUT2D eigenvalue weighted by molar-refractivity contribution is -0.153. The van der Waals surface area contributed by atoms with Crippen molar-refractivity contribution in [2.75, 3.05) is 11.9 Å². The van der Waals surface area contributed by atoms with Crippen LogP contribution in [0.5, 0.6) is 5.75 Å². The number of nitrogens with one attached hydrogen (secondary N) is 1. The Bertz CT molecular complexity index is 927. The van der Waals surface area contributed by atoms with E-state index in [1.54, 1.807) is 16.7 Å². The molecule has 1 amide bonds. The summed E-state index contributed by atoms with van der Waals surface area (Å²) in [5.74, 6) is -0.543. The highest BCUT2D eigenvalue weighted by Gasteiger charge is 2.29. The van der Waals surface area contributed by atoms with Crippen LogP contribution in [-0.4, -0.2) is 23.7 Å². The van der Waals surface area contributed by atoms with Gasteiger partial charge in [0.15, 0.2) is 6.61 Å². The van der Waals surface area contributed by atoms with E-state index in [4.69, 9.17) is 16.3 Å². The van der Waals surface area contributed by atoms with Gasteiger partial charge in [-0.05, 0) is 29.6 Å². The van der Waals surface area contributed by atoms with Crippen molar-refractivity contribution < 1.29 is 22.7 Å². The fourth-order valence-corrected chi connectivity index (χ4v) is 3.86. The van der Waals surface area contributed by atoms with Gasteiger partial charge in [0, 0.05) is 21.3 Å². The third kappa shape index (κ3) is 5.69. The topological polar surface area (TPSA) is 51.2 Å². The van der Waals surface area contributed by atoms with Gasteiger partial charge in [0.1, 0.15) is 10.8 Å². The van der Waals surface area contributed by atoms with Crippen LogP contribution in [0.3, 0.4) is 0 Å². The number of hydrogen-bond donors (Lipinski definition) is 1. The number of carbonyl (C=O) groups excluding carboxylic acids is 1. The summed E-state index contributed by atoms with van der Waals surface area (Å²) in [5, 5.41) is 9.26. The van der Waals surface area contributed by atoms with E-state index < -0.39 is 18.7 Å². The summed E-state index contributed by atoms with van der Waals surface area (Å²) >= 11 is 8.84. The average molecular weight is 433 g/mol. The number of thiophene rings is 1. The zero-order valence-corrected chi connectivity index (χ0v) is 15.9. The molecule has 0 fully saturated rings. The molecule has 1 aromatic carbocycles. The molecule has 142 valence electrons. The molecule has 3 aromatic rings. The van der Waals surface area contributed by atoms with E-state index in [0.717, 1.165) is 10.6 Å². The minimum Gasteiger partial charge on any atom is -0.482 e. The molecule has 4 nitrogen and oxygen atoms in total. The SMILES string of the molecule is O=C(Cc1csc(-c2ccsc2)n1)Nc1cc(Cl)ccc1OCC(F)(F)F. The summed E-state index contributed by atoms with van der Waals surface area (Å²) in [7, 11) is 0. The van der Waals surface area contributed by atoms with Crippen molar-refractivity contribution in [2.24, 2.45) is 0 Å². The van der Waals surface area contributed by atoms with E-state index in [1.807, 2.05) is 16.8 Å². The number of hydrogen-bond acceptors (Lipinski definition) is 5. The molecule has 0 atom stereocenters. The maximum atomic E-state index is 12.4. The Labute approximate surface area is 165 Å². The molecule has 27 heavy (non-hydrogen) atoms. The highest BCUT2D eigenvalue weighted by molar-refractivity contribution is 7.14. The Hall–Kier alpha value is -2.10. The van der Waals surface area contributed by atoms with E-state index in [9.17, 15) is 18.0 Å². The molecule has 0 saturated heterocycles. The van der Waals surface area contributed by atoms with Crippen molar-refractivity contribution in [3.05, 3.63) is 51.1 Å². The Morgan fingerprint density at radius 1 is 1.26 bits per heavy atom. The van der Waals surface area contributed by atoms with Crippen molar-refractivity contribution in [2.45, 2.75) is 12.6 Å². The first-order valence-electron chi connectivity index (χ1n) is 7.56. The third-order valence-corrected chi connectivity index (χ3v) is 5.13. The van der Waals surface area contributed by atoms with Crippen molar-refractivity contribution >= 4 is 45.9 Å². The largest absolute Gasteiger partial charge is 0.482 e. The first kappa shape index (κ1) is 19.7. The first-order valence-corrected chi connectivity index (χ1v) is 9.76. The van der Waals surface area contributed by atoms with Crippen LogP contribution in [0.2, 0.25) is 5.02 Å². The van der Waals surface area contributed by atoms with Crippen LogP contribution >= 0.6 is 34.3 Å². The monoisotopic (exact) mass is 432 g/mol. The molecular formula is C17H12ClF3N2O2S2. The summed E-state index contributed by atoms with van der Waals surface area (Å²) in [4.78, 5) is 16.7. The number of halogens is 4. The molecule has 2 aromatic heterocycles. The number of carbonyl (C=O) groups is 1. The second-order valence-corrected chi connectivity index (χ2v) is 7.50. The highest BCUT2D eigenvalue weighted by atomic mass is 35.5. The van der Waals surface area contributed by atoms with Crippen molar-refractivity contribution in [1.29, 1.82) is 0 Å². The van der Waals surface area contributed by atoms with E-state index in [-0.39, 0.29) is 22.9 Å². The van der Waals surface area contributed by atoms with Crippen LogP contribution in [0, 0.1) is 0 Å². The Balaban J connectivity index is 1.67. The van der Waals surface area contributed by atoms with Gasteiger partial charge in [-0.25, -0.2) is 4.98 Å². The number of ether oxygens (including phenoxy) is 1. The van der Waals surface area contributed by atoms with Crippen LogP contribution in [-0.2, 0) is 11.2 Å². The normalized spacial score (nSPS) is 11.4. The standard InChI is InChI=1S/C17H12ClF3N2O2S2/c18-11-1-2-14(25-9-17(19,20)21)13(5-11)23-15(24)6-12-8-27-16(22-12)10-3-4-26-7-10/h1-5,7-8H,6,9H2,(H,23,24). The lowest BCUT2D eigenvalue weighted by Crippen LogP contribution is -2.21. The summed E-state index contributed by atoms with van der Waals surface area (Å²) in [5.41, 5.74) is 1.62. The molecule has 0 bridgehead atoms. The van der Waals surface area contributed by atoms with Crippen LogP contribution < -0.4 is 10.1 Å². The summed E-state index contributed by atoms with van der Waals surface area (Å²) < 4.78 is 41.9. The molecule has 3 rings (SSSR count). The molecule has 1 N–H and O–H groups in total. The van der Waals surface area contributed by atoms with Gasteiger partial charge in [0.05, 0.1) is 17.8 Å². The summed E-state index contributed by atoms with van der Waals surface area (Å²) in [6.07, 6.45) is -4.51. The van der Waals surface area contributed by atoms with E-state index >= 15 is 0 Å². The number of alkyl halides is 3. The predicted octanol–water partition coefficient (Wildman–Crippen LogP) is 5.65. The van der Waals surface area contributed by atoms with Crippen molar-refractivity contribution in [3.63, 3.8) is 0 Å². The number of rotatable bonds is 6. The van der Waals surface area contributed by atoms with Gasteiger partial charge in [-0.2, -0.15) is 24.5 Å². The van der Waals surface area contributed by atoms with Crippen LogP contribution in [0.15, 0.2) is 40.4 Å². The van der Waals surface area contributed by atoms with E-state index in [0.29, 0.717) is 5.69 Å². The van der Waals surface area contributed by atoms with Gasteiger partial charge in [0.2, 0.25) is 5.91 Å². The third-order valence-electron chi connectivity index (χ3n) is 3.27. The maximum absolute atomic E-state index is 12.4. The number of nitrogens with zero attached hydrogens (tertiary/aromatic N) is 1. The predicted molar refractivity (Wildman–Crippen MR) is 101 cm³/mol. The summed E-state index contributed by atoms with van der Waals surface area (Å²) in [6.45, 7) is -1.46. The average Bonchev–Trinajstić information content (AvgIpc) is 3.24. The lowest BCUT2D eigenvalue weighted by atomic mass is 10.2. The van der Waals surface area contributed by atoms with Gasteiger partial charge in [-0.15, -0.1) is 11.3 Å². The Morgan fingerprint density at radius 2 is 2.07 bits per heavy atom. The minimum atomic E-state index is -4.49. The van der Waals surface area contributed by atoms with E-state index in [2.05, 4.69) is 10.3 Å². The molecule has 2 heterocycles. The molecule has 0 aliphatic rings. The number of benzene rings is 1. The highest BCUT2D eigenvalue weighted by Crippen LogP contribution is 2.30. The lowest BCUT2D eigenvalue weighted by Gasteiger charge is -2.14.